The zero-order chi connectivity index (χ0) is 14.9. The van der Waals surface area contributed by atoms with Crippen LogP contribution < -0.4 is 5.32 Å². The number of hydrogen-bond acceptors (Lipinski definition) is 5. The molecule has 1 heterocycles. The predicted octanol–water partition coefficient (Wildman–Crippen LogP) is 3.37. The van der Waals surface area contributed by atoms with Crippen molar-refractivity contribution in [2.24, 2.45) is 0 Å². The Morgan fingerprint density at radius 2 is 1.95 bits per heavy atom. The number of methoxy groups -OCH3 is 1. The Balaban J connectivity index is 2.24. The van der Waals surface area contributed by atoms with Crippen molar-refractivity contribution in [2.45, 2.75) is 45.6 Å². The van der Waals surface area contributed by atoms with Crippen LogP contribution in [0.15, 0.2) is 0 Å². The molecule has 0 radical (unpaired) electrons. The molecule has 20 heavy (non-hydrogen) atoms. The molecule has 6 heteroatoms. The molecule has 0 bridgehead atoms. The molecule has 1 aromatic heterocycles. The van der Waals surface area contributed by atoms with Crippen molar-refractivity contribution in [3.63, 3.8) is 0 Å². The van der Waals surface area contributed by atoms with Gasteiger partial charge in [-0.3, -0.25) is 5.32 Å². The van der Waals surface area contributed by atoms with Crippen LogP contribution >= 0.6 is 11.3 Å². The van der Waals surface area contributed by atoms with Gasteiger partial charge in [-0.15, -0.1) is 11.3 Å². The third-order valence-corrected chi connectivity index (χ3v) is 4.13. The van der Waals surface area contributed by atoms with Gasteiger partial charge in [-0.25, -0.2) is 9.59 Å². The molecule has 1 aromatic rings. The van der Waals surface area contributed by atoms with Gasteiger partial charge in [0.1, 0.15) is 10.6 Å². The summed E-state index contributed by atoms with van der Waals surface area (Å²) in [6, 6.07) is 0. The van der Waals surface area contributed by atoms with Gasteiger partial charge >= 0.3 is 12.1 Å². The fourth-order valence-electron chi connectivity index (χ4n) is 2.21. The Hall–Kier alpha value is -1.56. The standard InChI is InChI=1S/C14H19NO4S/c1-14(2,3)19-13(17)15-11-10(12(16)18-4)8-6-5-7-9(8)20-11/h5-7H2,1-4H3,(H,15,17). The number of esters is 1. The van der Waals surface area contributed by atoms with Crippen molar-refractivity contribution in [3.8, 4) is 0 Å². The van der Waals surface area contributed by atoms with E-state index in [4.69, 9.17) is 9.47 Å². The van der Waals surface area contributed by atoms with Crippen molar-refractivity contribution >= 4 is 28.4 Å². The van der Waals surface area contributed by atoms with Gasteiger partial charge in [0.15, 0.2) is 0 Å². The third kappa shape index (κ3) is 3.12. The van der Waals surface area contributed by atoms with E-state index in [2.05, 4.69) is 5.32 Å². The smallest absolute Gasteiger partial charge is 0.412 e. The van der Waals surface area contributed by atoms with Crippen LogP contribution in [0.3, 0.4) is 0 Å². The number of carbonyl (C=O) groups excluding carboxylic acids is 2. The number of anilines is 1. The van der Waals surface area contributed by atoms with Crippen LogP contribution in [-0.2, 0) is 22.3 Å². The SMILES string of the molecule is COC(=O)c1c(NC(=O)OC(C)(C)C)sc2c1CCC2. The molecule has 2 rings (SSSR count). The van der Waals surface area contributed by atoms with Gasteiger partial charge in [-0.05, 0) is 45.6 Å². The Labute approximate surface area is 122 Å². The predicted molar refractivity (Wildman–Crippen MR) is 77.5 cm³/mol. The number of aryl methyl sites for hydroxylation is 1. The van der Waals surface area contributed by atoms with Crippen molar-refractivity contribution in [2.75, 3.05) is 12.4 Å². The maximum atomic E-state index is 11.9. The quantitative estimate of drug-likeness (QED) is 0.850. The second-order valence-electron chi connectivity index (χ2n) is 5.68. The second-order valence-corrected chi connectivity index (χ2v) is 6.79. The number of ether oxygens (including phenoxy) is 2. The molecule has 0 atom stereocenters. The monoisotopic (exact) mass is 297 g/mol. The highest BCUT2D eigenvalue weighted by Crippen LogP contribution is 2.39. The number of amides is 1. The number of fused-ring (bicyclic) bond motifs is 1. The van der Waals surface area contributed by atoms with Crippen LogP contribution in [0.1, 0.15) is 48.0 Å². The summed E-state index contributed by atoms with van der Waals surface area (Å²) in [6.45, 7) is 5.38. The first kappa shape index (κ1) is 14.8. The summed E-state index contributed by atoms with van der Waals surface area (Å²) >= 11 is 1.43. The summed E-state index contributed by atoms with van der Waals surface area (Å²) in [5, 5.41) is 3.19. The molecular formula is C14H19NO4S. The summed E-state index contributed by atoms with van der Waals surface area (Å²) in [7, 11) is 1.35. The van der Waals surface area contributed by atoms with Gasteiger partial charge in [0.05, 0.1) is 12.7 Å². The van der Waals surface area contributed by atoms with Gasteiger partial charge in [0.2, 0.25) is 0 Å². The van der Waals surface area contributed by atoms with E-state index in [1.54, 1.807) is 20.8 Å². The van der Waals surface area contributed by atoms with Gasteiger partial charge in [-0.1, -0.05) is 0 Å². The van der Waals surface area contributed by atoms with Crippen molar-refractivity contribution in [3.05, 3.63) is 16.0 Å². The lowest BCUT2D eigenvalue weighted by Crippen LogP contribution is -2.27. The van der Waals surface area contributed by atoms with Crippen LogP contribution in [0, 0.1) is 0 Å². The molecule has 1 aliphatic rings. The van der Waals surface area contributed by atoms with E-state index in [1.165, 1.54) is 18.4 Å². The van der Waals surface area contributed by atoms with Gasteiger partial charge < -0.3 is 9.47 Å². The zero-order valence-electron chi connectivity index (χ0n) is 12.2. The summed E-state index contributed by atoms with van der Waals surface area (Å²) < 4.78 is 10.0. The lowest BCUT2D eigenvalue weighted by Gasteiger charge is -2.19. The molecule has 1 N–H and O–H groups in total. The Bertz CT molecular complexity index is 542. The molecule has 5 nitrogen and oxygen atoms in total. The fourth-order valence-corrected chi connectivity index (χ4v) is 3.47. The molecule has 1 amide bonds. The summed E-state index contributed by atoms with van der Waals surface area (Å²) in [5.74, 6) is -0.407. The minimum Gasteiger partial charge on any atom is -0.465 e. The molecule has 0 aliphatic heterocycles. The van der Waals surface area contributed by atoms with Crippen LogP contribution in [0.4, 0.5) is 9.80 Å². The van der Waals surface area contributed by atoms with Crippen LogP contribution in [0.2, 0.25) is 0 Å². The Morgan fingerprint density at radius 1 is 1.25 bits per heavy atom. The highest BCUT2D eigenvalue weighted by Gasteiger charge is 2.28. The normalized spacial score (nSPS) is 13.8. The van der Waals surface area contributed by atoms with E-state index < -0.39 is 17.7 Å². The molecule has 0 saturated heterocycles. The number of rotatable bonds is 2. The second kappa shape index (κ2) is 5.44. The van der Waals surface area contributed by atoms with E-state index >= 15 is 0 Å². The third-order valence-electron chi connectivity index (χ3n) is 2.93. The molecule has 1 aliphatic carbocycles. The van der Waals surface area contributed by atoms with E-state index in [0.717, 1.165) is 29.7 Å². The first-order valence-corrected chi connectivity index (χ1v) is 7.36. The van der Waals surface area contributed by atoms with Crippen LogP contribution in [0.25, 0.3) is 0 Å². The van der Waals surface area contributed by atoms with Gasteiger partial charge in [0, 0.05) is 4.88 Å². The minimum absolute atomic E-state index is 0.407. The van der Waals surface area contributed by atoms with Crippen LogP contribution in [0.5, 0.6) is 0 Å². The number of thiophene rings is 1. The largest absolute Gasteiger partial charge is 0.465 e. The highest BCUT2D eigenvalue weighted by atomic mass is 32.1. The summed E-state index contributed by atoms with van der Waals surface area (Å²) in [5.41, 5.74) is 0.916. The topological polar surface area (TPSA) is 64.6 Å². The first-order valence-electron chi connectivity index (χ1n) is 6.54. The average molecular weight is 297 g/mol. The lowest BCUT2D eigenvalue weighted by atomic mass is 10.1. The van der Waals surface area contributed by atoms with E-state index in [1.807, 2.05) is 0 Å². The summed E-state index contributed by atoms with van der Waals surface area (Å²) in [6.07, 6.45) is 2.28. The van der Waals surface area contributed by atoms with Crippen molar-refractivity contribution in [1.82, 2.24) is 0 Å². The number of nitrogens with one attached hydrogen (secondary N) is 1. The lowest BCUT2D eigenvalue weighted by molar-refractivity contribution is 0.0601. The maximum Gasteiger partial charge on any atom is 0.412 e. The Morgan fingerprint density at radius 3 is 2.55 bits per heavy atom. The minimum atomic E-state index is -0.574. The molecule has 0 aromatic carbocycles. The van der Waals surface area contributed by atoms with Crippen molar-refractivity contribution < 1.29 is 19.1 Å². The highest BCUT2D eigenvalue weighted by molar-refractivity contribution is 7.17. The molecule has 110 valence electrons. The first-order chi connectivity index (χ1) is 9.31. The summed E-state index contributed by atoms with van der Waals surface area (Å²) in [4.78, 5) is 24.9. The van der Waals surface area contributed by atoms with E-state index in [-0.39, 0.29) is 0 Å². The molecule has 0 fully saturated rings. The van der Waals surface area contributed by atoms with E-state index in [9.17, 15) is 9.59 Å². The molecule has 0 saturated carbocycles. The number of hydrogen-bond donors (Lipinski definition) is 1. The van der Waals surface area contributed by atoms with Gasteiger partial charge in [0.25, 0.3) is 0 Å². The average Bonchev–Trinajstić information content (AvgIpc) is 2.85. The van der Waals surface area contributed by atoms with Crippen molar-refractivity contribution in [1.29, 1.82) is 0 Å². The zero-order valence-corrected chi connectivity index (χ0v) is 13.0. The maximum absolute atomic E-state index is 11.9. The Kier molecular flexibility index (Phi) is 4.04. The molecule has 0 spiro atoms. The van der Waals surface area contributed by atoms with E-state index in [0.29, 0.717) is 10.6 Å². The molecular weight excluding hydrogens is 278 g/mol. The fraction of sp³-hybridized carbons (Fsp3) is 0.571. The van der Waals surface area contributed by atoms with Gasteiger partial charge in [-0.2, -0.15) is 0 Å². The molecule has 0 unspecified atom stereocenters. The number of carbonyl (C=O) groups is 2. The van der Waals surface area contributed by atoms with Crippen LogP contribution in [-0.4, -0.2) is 24.8 Å².